The Morgan fingerprint density at radius 3 is 2.50 bits per heavy atom. The minimum absolute atomic E-state index is 0. The molecule has 1 aliphatic rings. The maximum absolute atomic E-state index is 11.5. The fourth-order valence-electron chi connectivity index (χ4n) is 2.93. The van der Waals surface area contributed by atoms with Crippen LogP contribution in [0.3, 0.4) is 0 Å². The molecule has 1 rings (SSSR count). The van der Waals surface area contributed by atoms with E-state index in [-0.39, 0.29) is 47.0 Å². The van der Waals surface area contributed by atoms with Crippen LogP contribution in [0.1, 0.15) is 40.5 Å². The number of nitrogens with one attached hydrogen (secondary N) is 2. The monoisotopic (exact) mass is 475 g/mol. The number of halogens is 1. The molecular formula is C16H34IN3O3S. The standard InChI is InChI=1S/C16H33N3O3S.HI/c1-6-23(20,21)11-9-18-15(17-5)19-12-13-8-7-10-22-14(13)16(2,3)4;/h13-14H,6-12H2,1-5H3,(H2,17,18,19);1H. The van der Waals surface area contributed by atoms with Gasteiger partial charge in [-0.2, -0.15) is 0 Å². The summed E-state index contributed by atoms with van der Waals surface area (Å²) >= 11 is 0. The lowest BCUT2D eigenvalue weighted by Gasteiger charge is -2.40. The molecular weight excluding hydrogens is 441 g/mol. The summed E-state index contributed by atoms with van der Waals surface area (Å²) < 4.78 is 29.0. The normalized spacial score (nSPS) is 22.6. The van der Waals surface area contributed by atoms with E-state index < -0.39 is 9.84 Å². The molecule has 2 unspecified atom stereocenters. The Bertz CT molecular complexity index is 489. The van der Waals surface area contributed by atoms with Crippen LogP contribution in [0.25, 0.3) is 0 Å². The van der Waals surface area contributed by atoms with Gasteiger partial charge in [0.25, 0.3) is 0 Å². The lowest BCUT2D eigenvalue weighted by atomic mass is 9.78. The summed E-state index contributed by atoms with van der Waals surface area (Å²) in [6.07, 6.45) is 2.44. The Labute approximate surface area is 164 Å². The van der Waals surface area contributed by atoms with Crippen molar-refractivity contribution in [3.63, 3.8) is 0 Å². The van der Waals surface area contributed by atoms with E-state index in [0.29, 0.717) is 18.4 Å². The van der Waals surface area contributed by atoms with Gasteiger partial charge in [0.05, 0.1) is 11.9 Å². The Kier molecular flexibility index (Phi) is 10.8. The van der Waals surface area contributed by atoms with Gasteiger partial charge in [-0.05, 0) is 18.3 Å². The molecule has 1 fully saturated rings. The molecule has 0 saturated carbocycles. The quantitative estimate of drug-likeness (QED) is 0.349. The van der Waals surface area contributed by atoms with Gasteiger partial charge in [-0.3, -0.25) is 4.99 Å². The van der Waals surface area contributed by atoms with E-state index in [2.05, 4.69) is 36.4 Å². The molecule has 0 aromatic carbocycles. The predicted octanol–water partition coefficient (Wildman–Crippen LogP) is 2.05. The van der Waals surface area contributed by atoms with Crippen LogP contribution in [0.5, 0.6) is 0 Å². The van der Waals surface area contributed by atoms with Gasteiger partial charge >= 0.3 is 0 Å². The fourth-order valence-corrected chi connectivity index (χ4v) is 3.63. The topological polar surface area (TPSA) is 79.8 Å². The molecule has 0 aromatic rings. The van der Waals surface area contributed by atoms with Crippen LogP contribution in [0.4, 0.5) is 0 Å². The molecule has 0 radical (unpaired) electrons. The summed E-state index contributed by atoms with van der Waals surface area (Å²) in [6.45, 7) is 10.3. The zero-order valence-corrected chi connectivity index (χ0v) is 18.7. The van der Waals surface area contributed by atoms with Gasteiger partial charge < -0.3 is 15.4 Å². The van der Waals surface area contributed by atoms with Crippen molar-refractivity contribution in [3.05, 3.63) is 0 Å². The molecule has 6 nitrogen and oxygen atoms in total. The molecule has 8 heteroatoms. The average Bonchev–Trinajstić information content (AvgIpc) is 2.50. The van der Waals surface area contributed by atoms with Crippen molar-refractivity contribution in [1.82, 2.24) is 10.6 Å². The first-order valence-electron chi connectivity index (χ1n) is 8.46. The van der Waals surface area contributed by atoms with E-state index in [4.69, 9.17) is 4.74 Å². The smallest absolute Gasteiger partial charge is 0.191 e. The van der Waals surface area contributed by atoms with Crippen LogP contribution >= 0.6 is 24.0 Å². The molecule has 24 heavy (non-hydrogen) atoms. The predicted molar refractivity (Wildman–Crippen MR) is 111 cm³/mol. The van der Waals surface area contributed by atoms with E-state index in [1.165, 1.54) is 0 Å². The van der Waals surface area contributed by atoms with Crippen LogP contribution in [0.2, 0.25) is 0 Å². The molecule has 0 bridgehead atoms. The van der Waals surface area contributed by atoms with Crippen LogP contribution < -0.4 is 10.6 Å². The van der Waals surface area contributed by atoms with E-state index in [1.807, 2.05) is 0 Å². The number of hydrogen-bond acceptors (Lipinski definition) is 4. The second-order valence-electron chi connectivity index (χ2n) is 7.18. The second kappa shape index (κ2) is 10.8. The summed E-state index contributed by atoms with van der Waals surface area (Å²) in [6, 6.07) is 0. The molecule has 0 aliphatic carbocycles. The van der Waals surface area contributed by atoms with Gasteiger partial charge in [-0.1, -0.05) is 27.7 Å². The van der Waals surface area contributed by atoms with E-state index in [0.717, 1.165) is 26.0 Å². The average molecular weight is 475 g/mol. The Morgan fingerprint density at radius 1 is 1.29 bits per heavy atom. The van der Waals surface area contributed by atoms with Crippen molar-refractivity contribution >= 4 is 39.8 Å². The maximum atomic E-state index is 11.5. The summed E-state index contributed by atoms with van der Waals surface area (Å²) in [4.78, 5) is 4.16. The number of hydrogen-bond donors (Lipinski definition) is 2. The molecule has 1 saturated heterocycles. The number of ether oxygens (including phenoxy) is 1. The highest BCUT2D eigenvalue weighted by Gasteiger charge is 2.35. The third-order valence-electron chi connectivity index (χ3n) is 4.20. The van der Waals surface area contributed by atoms with Crippen molar-refractivity contribution in [2.45, 2.75) is 46.6 Å². The van der Waals surface area contributed by atoms with E-state index in [9.17, 15) is 8.42 Å². The molecule has 2 atom stereocenters. The van der Waals surface area contributed by atoms with Crippen molar-refractivity contribution in [2.75, 3.05) is 38.2 Å². The highest BCUT2D eigenvalue weighted by atomic mass is 127. The lowest BCUT2D eigenvalue weighted by molar-refractivity contribution is -0.0835. The number of rotatable bonds is 6. The van der Waals surface area contributed by atoms with Crippen molar-refractivity contribution < 1.29 is 13.2 Å². The van der Waals surface area contributed by atoms with Crippen LogP contribution in [-0.4, -0.2) is 58.7 Å². The Hall–Kier alpha value is -0.0900. The highest BCUT2D eigenvalue weighted by Crippen LogP contribution is 2.33. The summed E-state index contributed by atoms with van der Waals surface area (Å²) in [5, 5.41) is 6.38. The minimum Gasteiger partial charge on any atom is -0.377 e. The first-order chi connectivity index (χ1) is 10.7. The second-order valence-corrected chi connectivity index (χ2v) is 9.65. The van der Waals surface area contributed by atoms with Gasteiger partial charge in [0.15, 0.2) is 15.8 Å². The zero-order chi connectivity index (χ0) is 17.5. The molecule has 144 valence electrons. The third kappa shape index (κ3) is 8.33. The first kappa shape index (κ1) is 23.9. The Morgan fingerprint density at radius 2 is 1.96 bits per heavy atom. The number of nitrogens with zero attached hydrogens (tertiary/aromatic N) is 1. The first-order valence-corrected chi connectivity index (χ1v) is 10.3. The van der Waals surface area contributed by atoms with Crippen LogP contribution in [0.15, 0.2) is 4.99 Å². The number of aliphatic imine (C=N–C) groups is 1. The lowest BCUT2D eigenvalue weighted by Crippen LogP contribution is -2.48. The van der Waals surface area contributed by atoms with Gasteiger partial charge in [-0.25, -0.2) is 8.42 Å². The third-order valence-corrected chi connectivity index (χ3v) is 5.90. The van der Waals surface area contributed by atoms with E-state index in [1.54, 1.807) is 14.0 Å². The molecule has 1 aliphatic heterocycles. The maximum Gasteiger partial charge on any atom is 0.191 e. The summed E-state index contributed by atoms with van der Waals surface area (Å²) in [5.41, 5.74) is 0.110. The van der Waals surface area contributed by atoms with Crippen molar-refractivity contribution in [1.29, 1.82) is 0 Å². The van der Waals surface area contributed by atoms with Crippen molar-refractivity contribution in [2.24, 2.45) is 16.3 Å². The summed E-state index contributed by atoms with van der Waals surface area (Å²) in [5.74, 6) is 1.38. The fraction of sp³-hybridized carbons (Fsp3) is 0.938. The zero-order valence-electron chi connectivity index (χ0n) is 15.6. The molecule has 0 spiro atoms. The van der Waals surface area contributed by atoms with Gasteiger partial charge in [0.1, 0.15) is 0 Å². The van der Waals surface area contributed by atoms with Crippen LogP contribution in [0, 0.1) is 11.3 Å². The van der Waals surface area contributed by atoms with Crippen molar-refractivity contribution in [3.8, 4) is 0 Å². The van der Waals surface area contributed by atoms with Gasteiger partial charge in [-0.15, -0.1) is 24.0 Å². The number of guanidine groups is 1. The largest absolute Gasteiger partial charge is 0.377 e. The SMILES string of the molecule is CCS(=O)(=O)CCNC(=NC)NCC1CCCOC1C(C)(C)C.I. The minimum atomic E-state index is -2.95. The summed E-state index contributed by atoms with van der Waals surface area (Å²) in [7, 11) is -1.26. The van der Waals surface area contributed by atoms with Gasteiger partial charge in [0, 0.05) is 38.4 Å². The molecule has 1 heterocycles. The molecule has 0 amide bonds. The Balaban J connectivity index is 0.00000529. The van der Waals surface area contributed by atoms with Crippen LogP contribution in [-0.2, 0) is 14.6 Å². The highest BCUT2D eigenvalue weighted by molar-refractivity contribution is 14.0. The molecule has 0 aromatic heterocycles. The van der Waals surface area contributed by atoms with Gasteiger partial charge in [0.2, 0.25) is 0 Å². The van der Waals surface area contributed by atoms with E-state index >= 15 is 0 Å². The number of sulfone groups is 1. The molecule has 2 N–H and O–H groups in total.